The second-order valence-electron chi connectivity index (χ2n) is 12.6. The molecular weight excluding hydrogens is 582 g/mol. The molecule has 1 heterocycles. The van der Waals surface area contributed by atoms with Crippen LogP contribution >= 0.6 is 0 Å². The van der Waals surface area contributed by atoms with Gasteiger partial charge in [-0.25, -0.2) is 10.3 Å². The smallest absolute Gasteiger partial charge is 0.244 e. The highest BCUT2D eigenvalue weighted by Crippen LogP contribution is 2.63. The molecular formula is C41H29N3O3. The van der Waals surface area contributed by atoms with Crippen molar-refractivity contribution in [2.45, 2.75) is 17.8 Å². The molecule has 1 N–H and O–H groups in total. The van der Waals surface area contributed by atoms with E-state index in [4.69, 9.17) is 0 Å². The van der Waals surface area contributed by atoms with E-state index in [-0.39, 0.29) is 30.1 Å². The largest absolute Gasteiger partial charge is 0.274 e. The molecule has 1 fully saturated rings. The van der Waals surface area contributed by atoms with Crippen molar-refractivity contribution in [3.05, 3.63) is 161 Å². The maximum absolute atomic E-state index is 14.8. The molecule has 4 aliphatic rings. The summed E-state index contributed by atoms with van der Waals surface area (Å²) in [6.45, 7) is 0. The summed E-state index contributed by atoms with van der Waals surface area (Å²) in [5.74, 6) is -2.35. The van der Waals surface area contributed by atoms with E-state index in [9.17, 15) is 14.4 Å². The van der Waals surface area contributed by atoms with Gasteiger partial charge < -0.3 is 0 Å². The molecule has 6 heteroatoms. The number of hydrogen-bond donors (Lipinski definition) is 1. The third-order valence-corrected chi connectivity index (χ3v) is 10.4. The third-order valence-electron chi connectivity index (χ3n) is 10.4. The second-order valence-corrected chi connectivity index (χ2v) is 12.6. The van der Waals surface area contributed by atoms with Crippen LogP contribution in [0.2, 0.25) is 0 Å². The molecule has 0 radical (unpaired) electrons. The lowest BCUT2D eigenvalue weighted by molar-refractivity contribution is -0.123. The molecule has 0 saturated carbocycles. The van der Waals surface area contributed by atoms with Crippen LogP contribution in [0.4, 0.5) is 5.69 Å². The molecule has 0 unspecified atom stereocenters. The van der Waals surface area contributed by atoms with E-state index in [1.807, 2.05) is 121 Å². The van der Waals surface area contributed by atoms with Crippen molar-refractivity contribution in [3.8, 4) is 0 Å². The number of imide groups is 1. The van der Waals surface area contributed by atoms with Crippen molar-refractivity contribution in [2.75, 3.05) is 4.90 Å². The van der Waals surface area contributed by atoms with E-state index >= 15 is 0 Å². The zero-order chi connectivity index (χ0) is 31.7. The Bertz CT molecular complexity index is 2270. The highest BCUT2D eigenvalue weighted by atomic mass is 16.2. The van der Waals surface area contributed by atoms with Crippen LogP contribution < -0.4 is 10.3 Å². The Hall–Kier alpha value is -5.88. The van der Waals surface area contributed by atoms with E-state index in [1.54, 1.807) is 6.21 Å². The first-order valence-electron chi connectivity index (χ1n) is 15.9. The van der Waals surface area contributed by atoms with Crippen LogP contribution in [0.1, 0.15) is 33.7 Å². The number of anilines is 1. The molecule has 47 heavy (non-hydrogen) atoms. The fourth-order valence-electron chi connectivity index (χ4n) is 8.56. The van der Waals surface area contributed by atoms with Gasteiger partial charge >= 0.3 is 0 Å². The van der Waals surface area contributed by atoms with Crippen molar-refractivity contribution >= 4 is 51.2 Å². The first kappa shape index (κ1) is 27.4. The lowest BCUT2D eigenvalue weighted by atomic mass is 9.47. The summed E-state index contributed by atoms with van der Waals surface area (Å²) in [5.41, 5.74) is 7.13. The Balaban J connectivity index is 1.16. The Labute approximate surface area is 271 Å². The normalized spacial score (nSPS) is 22.5. The van der Waals surface area contributed by atoms with Gasteiger partial charge in [0.1, 0.15) is 0 Å². The van der Waals surface area contributed by atoms with Crippen LogP contribution in [0, 0.1) is 11.8 Å². The van der Waals surface area contributed by atoms with Gasteiger partial charge in [0.05, 0.1) is 29.4 Å². The monoisotopic (exact) mass is 611 g/mol. The molecule has 6 nitrogen and oxygen atoms in total. The van der Waals surface area contributed by atoms with Gasteiger partial charge in [-0.15, -0.1) is 0 Å². The van der Waals surface area contributed by atoms with Crippen LogP contribution in [0.5, 0.6) is 0 Å². The molecule has 1 aliphatic heterocycles. The van der Waals surface area contributed by atoms with Crippen molar-refractivity contribution in [2.24, 2.45) is 16.9 Å². The second kappa shape index (κ2) is 10.3. The van der Waals surface area contributed by atoms with Crippen molar-refractivity contribution in [1.82, 2.24) is 5.43 Å². The molecule has 6 aromatic rings. The first-order valence-corrected chi connectivity index (χ1v) is 15.9. The summed E-state index contributed by atoms with van der Waals surface area (Å²) in [5, 5.41) is 8.49. The molecule has 1 saturated heterocycles. The first-order chi connectivity index (χ1) is 23.1. The zero-order valence-electron chi connectivity index (χ0n) is 25.3. The van der Waals surface area contributed by atoms with Gasteiger partial charge in [-0.3, -0.25) is 14.4 Å². The molecule has 3 aliphatic carbocycles. The lowest BCUT2D eigenvalue weighted by Gasteiger charge is -2.52. The van der Waals surface area contributed by atoms with Gasteiger partial charge in [0.25, 0.3) is 0 Å². The molecule has 2 atom stereocenters. The van der Waals surface area contributed by atoms with Gasteiger partial charge in [0, 0.05) is 17.5 Å². The van der Waals surface area contributed by atoms with Crippen molar-refractivity contribution in [3.63, 3.8) is 0 Å². The number of benzene rings is 6. The summed E-state index contributed by atoms with van der Waals surface area (Å²) >= 11 is 0. The highest BCUT2D eigenvalue weighted by Gasteiger charge is 2.68. The van der Waals surface area contributed by atoms with Crippen LogP contribution in [0.15, 0.2) is 139 Å². The summed E-state index contributed by atoms with van der Waals surface area (Å²) < 4.78 is 0. The number of nitrogens with one attached hydrogen (secondary N) is 1. The minimum Gasteiger partial charge on any atom is -0.274 e. The summed E-state index contributed by atoms with van der Waals surface area (Å²) in [6, 6.07) is 43.6. The number of hydrazone groups is 1. The third kappa shape index (κ3) is 3.85. The number of carbonyl (C=O) groups excluding carboxylic acids is 3. The number of hydrogen-bond acceptors (Lipinski definition) is 4. The fourth-order valence-corrected chi connectivity index (χ4v) is 8.56. The predicted octanol–water partition coefficient (Wildman–Crippen LogP) is 6.89. The summed E-state index contributed by atoms with van der Waals surface area (Å²) in [4.78, 5) is 44.2. The molecule has 2 bridgehead atoms. The Morgan fingerprint density at radius 1 is 0.681 bits per heavy atom. The molecule has 226 valence electrons. The zero-order valence-corrected chi connectivity index (χ0v) is 25.3. The SMILES string of the molecule is O=C(Cc1cccc2ccccc12)N/N=C\C12c3ccccc3C(c3ccccc31)[C@H]1C(=O)N(c3cccc4ccccc34)C(=O)[C@H]12. The van der Waals surface area contributed by atoms with Crippen LogP contribution in [0.25, 0.3) is 21.5 Å². The Morgan fingerprint density at radius 2 is 1.26 bits per heavy atom. The quantitative estimate of drug-likeness (QED) is 0.131. The number of fused-ring (bicyclic) bond motifs is 2. The van der Waals surface area contributed by atoms with E-state index in [1.165, 1.54) is 4.90 Å². The van der Waals surface area contributed by atoms with E-state index in [0.717, 1.165) is 49.4 Å². The predicted molar refractivity (Wildman–Crippen MR) is 183 cm³/mol. The molecule has 3 amide bonds. The van der Waals surface area contributed by atoms with E-state index in [2.05, 4.69) is 22.7 Å². The van der Waals surface area contributed by atoms with Crippen molar-refractivity contribution in [1.29, 1.82) is 0 Å². The van der Waals surface area contributed by atoms with Crippen molar-refractivity contribution < 1.29 is 14.4 Å². The number of amides is 3. The maximum atomic E-state index is 14.8. The van der Waals surface area contributed by atoms with Gasteiger partial charge in [-0.05, 0) is 50.0 Å². The van der Waals surface area contributed by atoms with Gasteiger partial charge in [-0.1, -0.05) is 127 Å². The number of rotatable bonds is 5. The molecule has 0 aromatic heterocycles. The molecule has 6 aromatic carbocycles. The van der Waals surface area contributed by atoms with Crippen LogP contribution in [-0.4, -0.2) is 23.9 Å². The minimum absolute atomic E-state index is 0.152. The Kier molecular flexibility index (Phi) is 6.03. The lowest BCUT2D eigenvalue weighted by Crippen LogP contribution is -2.54. The highest BCUT2D eigenvalue weighted by molar-refractivity contribution is 6.27. The van der Waals surface area contributed by atoms with E-state index < -0.39 is 17.3 Å². The standard InChI is InChI=1S/C41H29N3O3/c45-35(23-27-15-9-13-25-11-1-3-16-28(25)27)43-42-24-41-32-20-7-5-18-30(32)36(31-19-6-8-21-33(31)41)37-38(41)40(47)44(39(37)46)34-22-10-14-26-12-2-4-17-29(26)34/h1-22,24,36-38H,23H2,(H,43,45)/b42-24-/t36?,37-,38+,41?/m1/s1. The summed E-state index contributed by atoms with van der Waals surface area (Å²) in [7, 11) is 0. The maximum Gasteiger partial charge on any atom is 0.244 e. The number of nitrogens with zero attached hydrogens (tertiary/aromatic N) is 2. The van der Waals surface area contributed by atoms with Gasteiger partial charge in [-0.2, -0.15) is 5.10 Å². The number of carbonyl (C=O) groups is 3. The minimum atomic E-state index is -1.06. The average Bonchev–Trinajstić information content (AvgIpc) is 3.38. The topological polar surface area (TPSA) is 78.8 Å². The fraction of sp³-hybridized carbons (Fsp3) is 0.122. The van der Waals surface area contributed by atoms with Gasteiger partial charge in [0.15, 0.2) is 0 Å². The Morgan fingerprint density at radius 3 is 1.98 bits per heavy atom. The van der Waals surface area contributed by atoms with Crippen LogP contribution in [0.3, 0.4) is 0 Å². The van der Waals surface area contributed by atoms with E-state index in [0.29, 0.717) is 5.69 Å². The average molecular weight is 612 g/mol. The summed E-state index contributed by atoms with van der Waals surface area (Å²) in [6.07, 6.45) is 1.87. The molecule has 10 rings (SSSR count). The van der Waals surface area contributed by atoms with Gasteiger partial charge in [0.2, 0.25) is 17.7 Å². The molecule has 0 spiro atoms. The van der Waals surface area contributed by atoms with Crippen LogP contribution in [-0.2, 0) is 26.2 Å².